The number of ether oxygens (including phenoxy) is 1. The maximum Gasteiger partial charge on any atom is 0.338 e. The Bertz CT molecular complexity index is 438. The molecule has 0 heterocycles. The minimum Gasteiger partial charge on any atom is -0.462 e. The van der Waals surface area contributed by atoms with Crippen LogP contribution >= 0.6 is 11.8 Å². The predicted molar refractivity (Wildman–Crippen MR) is 68.1 cm³/mol. The summed E-state index contributed by atoms with van der Waals surface area (Å²) >= 11 is 1.58. The van der Waals surface area contributed by atoms with E-state index in [0.717, 1.165) is 16.9 Å². The van der Waals surface area contributed by atoms with Gasteiger partial charge < -0.3 is 4.74 Å². The Hall–Kier alpha value is -1.47. The summed E-state index contributed by atoms with van der Waals surface area (Å²) in [6.45, 7) is 2.16. The number of hydrogen-bond donors (Lipinski definition) is 0. The average molecular weight is 249 g/mol. The molecule has 0 saturated carbocycles. The molecular formula is C13H15NO2S. The molecule has 0 N–H and O–H groups in total. The third kappa shape index (κ3) is 3.79. The van der Waals surface area contributed by atoms with Crippen LogP contribution in [0.1, 0.15) is 29.3 Å². The molecule has 4 heteroatoms. The number of benzene rings is 1. The van der Waals surface area contributed by atoms with Gasteiger partial charge in [-0.1, -0.05) is 6.07 Å². The van der Waals surface area contributed by atoms with Crippen molar-refractivity contribution in [3.63, 3.8) is 0 Å². The zero-order valence-electron chi connectivity index (χ0n) is 10.0. The molecule has 1 aromatic carbocycles. The Morgan fingerprint density at radius 2 is 2.29 bits per heavy atom. The molecule has 0 aromatic heterocycles. The van der Waals surface area contributed by atoms with Crippen LogP contribution in [0.4, 0.5) is 0 Å². The lowest BCUT2D eigenvalue weighted by molar-refractivity contribution is 0.0526. The maximum absolute atomic E-state index is 11.6. The second-order valence-electron chi connectivity index (χ2n) is 3.41. The highest BCUT2D eigenvalue weighted by molar-refractivity contribution is 7.98. The van der Waals surface area contributed by atoms with Crippen molar-refractivity contribution in [3.8, 4) is 6.07 Å². The number of nitrogens with zero attached hydrogens (tertiary/aromatic N) is 1. The molecule has 0 bridgehead atoms. The quantitative estimate of drug-likeness (QED) is 0.594. The molecule has 90 valence electrons. The molecule has 0 spiro atoms. The second-order valence-corrected chi connectivity index (χ2v) is 4.25. The molecule has 0 aliphatic heterocycles. The summed E-state index contributed by atoms with van der Waals surface area (Å²) in [4.78, 5) is 12.6. The Kier molecular flexibility index (Phi) is 5.58. The van der Waals surface area contributed by atoms with Gasteiger partial charge in [0.2, 0.25) is 0 Å². The first kappa shape index (κ1) is 13.6. The Morgan fingerprint density at radius 1 is 1.53 bits per heavy atom. The molecule has 0 unspecified atom stereocenters. The summed E-state index contributed by atoms with van der Waals surface area (Å²) in [5.74, 6) is -0.297. The molecule has 0 radical (unpaired) electrons. The van der Waals surface area contributed by atoms with Crippen LogP contribution in [0.5, 0.6) is 0 Å². The molecule has 0 amide bonds. The van der Waals surface area contributed by atoms with E-state index in [1.54, 1.807) is 24.8 Å². The smallest absolute Gasteiger partial charge is 0.338 e. The zero-order chi connectivity index (χ0) is 12.7. The highest BCUT2D eigenvalue weighted by atomic mass is 32.2. The molecule has 1 rings (SSSR count). The van der Waals surface area contributed by atoms with Gasteiger partial charge in [0.05, 0.1) is 18.2 Å². The van der Waals surface area contributed by atoms with Gasteiger partial charge in [-0.15, -0.1) is 11.8 Å². The van der Waals surface area contributed by atoms with Gasteiger partial charge in [0.25, 0.3) is 0 Å². The SMILES string of the molecule is CCOC(=O)c1ccc(CCC#N)c(SC)c1. The van der Waals surface area contributed by atoms with E-state index in [0.29, 0.717) is 18.6 Å². The molecule has 0 saturated heterocycles. The molecule has 0 atom stereocenters. The topological polar surface area (TPSA) is 50.1 Å². The van der Waals surface area contributed by atoms with Gasteiger partial charge in [0, 0.05) is 11.3 Å². The van der Waals surface area contributed by atoms with Crippen molar-refractivity contribution in [2.24, 2.45) is 0 Å². The van der Waals surface area contributed by atoms with E-state index in [2.05, 4.69) is 6.07 Å². The Balaban J connectivity index is 2.92. The van der Waals surface area contributed by atoms with E-state index in [4.69, 9.17) is 10.00 Å². The summed E-state index contributed by atoms with van der Waals surface area (Å²) in [5.41, 5.74) is 1.67. The van der Waals surface area contributed by atoms with Crippen LogP contribution in [0.15, 0.2) is 23.1 Å². The van der Waals surface area contributed by atoms with Gasteiger partial charge in [-0.2, -0.15) is 5.26 Å². The number of carbonyl (C=O) groups excluding carboxylic acids is 1. The molecule has 0 aliphatic carbocycles. The van der Waals surface area contributed by atoms with E-state index in [-0.39, 0.29) is 5.97 Å². The van der Waals surface area contributed by atoms with E-state index in [1.165, 1.54) is 0 Å². The highest BCUT2D eigenvalue weighted by Crippen LogP contribution is 2.23. The normalized spacial score (nSPS) is 9.71. The second kappa shape index (κ2) is 6.97. The molecule has 17 heavy (non-hydrogen) atoms. The van der Waals surface area contributed by atoms with E-state index >= 15 is 0 Å². The number of aryl methyl sites for hydroxylation is 1. The largest absolute Gasteiger partial charge is 0.462 e. The van der Waals surface area contributed by atoms with Crippen molar-refractivity contribution in [1.29, 1.82) is 5.26 Å². The van der Waals surface area contributed by atoms with Crippen molar-refractivity contribution in [2.45, 2.75) is 24.7 Å². The van der Waals surface area contributed by atoms with Crippen molar-refractivity contribution < 1.29 is 9.53 Å². The predicted octanol–water partition coefficient (Wildman–Crippen LogP) is 3.04. The summed E-state index contributed by atoms with van der Waals surface area (Å²) < 4.78 is 4.95. The summed E-state index contributed by atoms with van der Waals surface area (Å²) in [5, 5.41) is 8.57. The monoisotopic (exact) mass is 249 g/mol. The number of carbonyl (C=O) groups is 1. The van der Waals surface area contributed by atoms with Crippen molar-refractivity contribution in [2.75, 3.05) is 12.9 Å². The van der Waals surface area contributed by atoms with Gasteiger partial charge in [-0.25, -0.2) is 4.79 Å². The summed E-state index contributed by atoms with van der Waals surface area (Å²) in [6.07, 6.45) is 3.17. The van der Waals surface area contributed by atoms with Crippen LogP contribution in [0.2, 0.25) is 0 Å². The molecule has 0 fully saturated rings. The van der Waals surface area contributed by atoms with Crippen LogP contribution < -0.4 is 0 Å². The Morgan fingerprint density at radius 3 is 2.88 bits per heavy atom. The standard InChI is InChI=1S/C13H15NO2S/c1-3-16-13(15)11-7-6-10(5-4-8-14)12(9-11)17-2/h6-7,9H,3-5H2,1-2H3. The first-order valence-corrected chi connectivity index (χ1v) is 6.66. The van der Waals surface area contributed by atoms with Gasteiger partial charge >= 0.3 is 5.97 Å². The summed E-state index contributed by atoms with van der Waals surface area (Å²) in [6, 6.07) is 7.61. The van der Waals surface area contributed by atoms with Gasteiger partial charge in [0.15, 0.2) is 0 Å². The lowest BCUT2D eigenvalue weighted by Crippen LogP contribution is -2.05. The maximum atomic E-state index is 11.6. The number of rotatable bonds is 5. The van der Waals surface area contributed by atoms with Crippen LogP contribution in [0.3, 0.4) is 0 Å². The molecular weight excluding hydrogens is 234 g/mol. The first-order valence-electron chi connectivity index (χ1n) is 5.44. The lowest BCUT2D eigenvalue weighted by atomic mass is 10.1. The first-order chi connectivity index (χ1) is 8.22. The van der Waals surface area contributed by atoms with Gasteiger partial charge in [-0.05, 0) is 37.3 Å². The molecule has 3 nitrogen and oxygen atoms in total. The fourth-order valence-corrected chi connectivity index (χ4v) is 2.16. The minimum absolute atomic E-state index is 0.297. The lowest BCUT2D eigenvalue weighted by Gasteiger charge is -2.08. The number of nitriles is 1. The zero-order valence-corrected chi connectivity index (χ0v) is 10.8. The van der Waals surface area contributed by atoms with Gasteiger partial charge in [-0.3, -0.25) is 0 Å². The van der Waals surface area contributed by atoms with Crippen molar-refractivity contribution in [1.82, 2.24) is 0 Å². The Labute approximate surface area is 106 Å². The van der Waals surface area contributed by atoms with E-state index < -0.39 is 0 Å². The van der Waals surface area contributed by atoms with Crippen molar-refractivity contribution in [3.05, 3.63) is 29.3 Å². The fraction of sp³-hybridized carbons (Fsp3) is 0.385. The van der Waals surface area contributed by atoms with E-state index in [1.807, 2.05) is 18.4 Å². The average Bonchev–Trinajstić information content (AvgIpc) is 2.36. The van der Waals surface area contributed by atoms with Crippen LogP contribution in [-0.2, 0) is 11.2 Å². The van der Waals surface area contributed by atoms with E-state index in [9.17, 15) is 4.79 Å². The number of hydrogen-bond acceptors (Lipinski definition) is 4. The third-order valence-electron chi connectivity index (χ3n) is 2.30. The highest BCUT2D eigenvalue weighted by Gasteiger charge is 2.09. The van der Waals surface area contributed by atoms with Crippen LogP contribution in [-0.4, -0.2) is 18.8 Å². The molecule has 1 aromatic rings. The summed E-state index contributed by atoms with van der Waals surface area (Å²) in [7, 11) is 0. The van der Waals surface area contributed by atoms with Crippen molar-refractivity contribution >= 4 is 17.7 Å². The number of esters is 1. The molecule has 0 aliphatic rings. The fourth-order valence-electron chi connectivity index (χ4n) is 1.48. The minimum atomic E-state index is -0.297. The van der Waals surface area contributed by atoms with Crippen LogP contribution in [0, 0.1) is 11.3 Å². The van der Waals surface area contributed by atoms with Crippen LogP contribution in [0.25, 0.3) is 0 Å². The number of thioether (sulfide) groups is 1. The third-order valence-corrected chi connectivity index (χ3v) is 3.12. The van der Waals surface area contributed by atoms with Gasteiger partial charge in [0.1, 0.15) is 0 Å².